The van der Waals surface area contributed by atoms with E-state index in [-0.39, 0.29) is 18.1 Å². The highest BCUT2D eigenvalue weighted by atomic mass is 35.5. The Hall–Kier alpha value is -1.10. The van der Waals surface area contributed by atoms with Gasteiger partial charge in [-0.2, -0.15) is 8.78 Å². The third-order valence-electron chi connectivity index (χ3n) is 1.21. The van der Waals surface area contributed by atoms with Crippen LogP contribution in [0, 0.1) is 5.82 Å². The molecule has 1 rings (SSSR count). The molecule has 0 spiro atoms. The van der Waals surface area contributed by atoms with Crippen LogP contribution in [0.4, 0.5) is 18.9 Å². The van der Waals surface area contributed by atoms with Crippen LogP contribution in [0.3, 0.4) is 0 Å². The van der Waals surface area contributed by atoms with E-state index in [0.29, 0.717) is 0 Å². The fourth-order valence-corrected chi connectivity index (χ4v) is 0.715. The van der Waals surface area contributed by atoms with Gasteiger partial charge in [0.25, 0.3) is 0 Å². The molecular formula is C7H7ClF3NO. The average molecular weight is 214 g/mol. The van der Waals surface area contributed by atoms with Gasteiger partial charge in [-0.3, -0.25) is 0 Å². The highest BCUT2D eigenvalue weighted by Gasteiger charge is 2.10. The Bertz CT molecular complexity index is 282. The first kappa shape index (κ1) is 11.9. The van der Waals surface area contributed by atoms with Gasteiger partial charge in [-0.25, -0.2) is 4.39 Å². The first-order valence-electron chi connectivity index (χ1n) is 3.10. The van der Waals surface area contributed by atoms with Crippen LogP contribution >= 0.6 is 12.4 Å². The summed E-state index contributed by atoms with van der Waals surface area (Å²) in [4.78, 5) is 0. The maximum atomic E-state index is 12.8. The van der Waals surface area contributed by atoms with Crippen molar-refractivity contribution in [3.05, 3.63) is 24.0 Å². The standard InChI is InChI=1S/C7H6F3NO.ClH/c8-6-4(11)2-1-3-5(6)12-7(9)10;/h1-3,7H,11H2;1H. The summed E-state index contributed by atoms with van der Waals surface area (Å²) < 4.78 is 39.8. The smallest absolute Gasteiger partial charge is 0.387 e. The summed E-state index contributed by atoms with van der Waals surface area (Å²) in [5.74, 6) is -1.50. The van der Waals surface area contributed by atoms with E-state index in [1.165, 1.54) is 12.1 Å². The van der Waals surface area contributed by atoms with E-state index in [2.05, 4.69) is 4.74 Å². The van der Waals surface area contributed by atoms with Gasteiger partial charge in [-0.05, 0) is 12.1 Å². The lowest BCUT2D eigenvalue weighted by Gasteiger charge is -2.05. The molecule has 0 radical (unpaired) electrons. The number of hydrogen-bond acceptors (Lipinski definition) is 2. The molecule has 0 aliphatic rings. The molecule has 1 aromatic rings. The van der Waals surface area contributed by atoms with Crippen molar-refractivity contribution in [1.82, 2.24) is 0 Å². The number of hydrogen-bond donors (Lipinski definition) is 1. The molecule has 0 aliphatic carbocycles. The molecule has 0 bridgehead atoms. The second-order valence-electron chi connectivity index (χ2n) is 2.04. The summed E-state index contributed by atoms with van der Waals surface area (Å²) >= 11 is 0. The highest BCUT2D eigenvalue weighted by Crippen LogP contribution is 2.23. The van der Waals surface area contributed by atoms with Crippen molar-refractivity contribution in [3.63, 3.8) is 0 Å². The Morgan fingerprint density at radius 1 is 1.31 bits per heavy atom. The van der Waals surface area contributed by atoms with Crippen molar-refractivity contribution in [1.29, 1.82) is 0 Å². The number of ether oxygens (including phenoxy) is 1. The van der Waals surface area contributed by atoms with Crippen molar-refractivity contribution in [2.75, 3.05) is 5.73 Å². The van der Waals surface area contributed by atoms with Crippen LogP contribution in [0.5, 0.6) is 5.75 Å². The lowest BCUT2D eigenvalue weighted by Crippen LogP contribution is -2.04. The van der Waals surface area contributed by atoms with Gasteiger partial charge >= 0.3 is 6.61 Å². The second-order valence-corrected chi connectivity index (χ2v) is 2.04. The second kappa shape index (κ2) is 4.81. The molecule has 2 nitrogen and oxygen atoms in total. The number of alkyl halides is 2. The van der Waals surface area contributed by atoms with Crippen LogP contribution in [0.2, 0.25) is 0 Å². The monoisotopic (exact) mass is 213 g/mol. The first-order valence-corrected chi connectivity index (χ1v) is 3.10. The highest BCUT2D eigenvalue weighted by molar-refractivity contribution is 5.85. The number of benzene rings is 1. The van der Waals surface area contributed by atoms with Gasteiger partial charge < -0.3 is 10.5 Å². The van der Waals surface area contributed by atoms with E-state index in [1.807, 2.05) is 0 Å². The van der Waals surface area contributed by atoms with E-state index in [1.54, 1.807) is 0 Å². The number of nitrogens with two attached hydrogens (primary N) is 1. The molecule has 0 atom stereocenters. The average Bonchev–Trinajstić information content (AvgIpc) is 1.98. The zero-order chi connectivity index (χ0) is 9.14. The molecule has 0 aliphatic heterocycles. The molecule has 2 N–H and O–H groups in total. The van der Waals surface area contributed by atoms with Crippen molar-refractivity contribution in [3.8, 4) is 5.75 Å². The molecule has 0 amide bonds. The third kappa shape index (κ3) is 3.02. The third-order valence-corrected chi connectivity index (χ3v) is 1.21. The number of halogens is 4. The predicted octanol–water partition coefficient (Wildman–Crippen LogP) is 2.43. The summed E-state index contributed by atoms with van der Waals surface area (Å²) in [6, 6.07) is 3.67. The van der Waals surface area contributed by atoms with Crippen molar-refractivity contribution in [2.24, 2.45) is 0 Å². The van der Waals surface area contributed by atoms with Crippen molar-refractivity contribution < 1.29 is 17.9 Å². The molecule has 1 aromatic carbocycles. The van der Waals surface area contributed by atoms with Gasteiger partial charge in [0.15, 0.2) is 11.6 Å². The van der Waals surface area contributed by atoms with Crippen LogP contribution in [0.1, 0.15) is 0 Å². The lowest BCUT2D eigenvalue weighted by molar-refractivity contribution is -0.0520. The minimum absolute atomic E-state index is 0. The van der Waals surface area contributed by atoms with E-state index in [0.717, 1.165) is 6.07 Å². The first-order chi connectivity index (χ1) is 5.61. The predicted molar refractivity (Wildman–Crippen MR) is 44.7 cm³/mol. The molecule has 0 heterocycles. The zero-order valence-electron chi connectivity index (χ0n) is 6.34. The summed E-state index contributed by atoms with van der Waals surface area (Å²) in [7, 11) is 0. The summed E-state index contributed by atoms with van der Waals surface area (Å²) in [6.07, 6.45) is 0. The molecule has 0 unspecified atom stereocenters. The van der Waals surface area contributed by atoms with Gasteiger partial charge in [-0.1, -0.05) is 6.07 Å². The molecule has 0 saturated carbocycles. The normalized spacial score (nSPS) is 9.54. The van der Waals surface area contributed by atoms with Crippen LogP contribution in [0.25, 0.3) is 0 Å². The van der Waals surface area contributed by atoms with E-state index in [9.17, 15) is 13.2 Å². The van der Waals surface area contributed by atoms with Gasteiger partial charge in [0, 0.05) is 0 Å². The quantitative estimate of drug-likeness (QED) is 0.766. The molecule has 6 heteroatoms. The molecule has 0 fully saturated rings. The SMILES string of the molecule is Cl.Nc1cccc(OC(F)F)c1F. The zero-order valence-corrected chi connectivity index (χ0v) is 7.15. The van der Waals surface area contributed by atoms with Crippen molar-refractivity contribution in [2.45, 2.75) is 6.61 Å². The maximum Gasteiger partial charge on any atom is 0.387 e. The fourth-order valence-electron chi connectivity index (χ4n) is 0.715. The number of anilines is 1. The van der Waals surface area contributed by atoms with E-state index in [4.69, 9.17) is 5.73 Å². The maximum absolute atomic E-state index is 12.8. The van der Waals surface area contributed by atoms with Crippen LogP contribution in [-0.4, -0.2) is 6.61 Å². The van der Waals surface area contributed by atoms with E-state index < -0.39 is 18.2 Å². The minimum atomic E-state index is -3.04. The summed E-state index contributed by atoms with van der Waals surface area (Å²) in [5.41, 5.74) is 4.88. The molecule has 13 heavy (non-hydrogen) atoms. The summed E-state index contributed by atoms with van der Waals surface area (Å²) in [6.45, 7) is -3.04. The van der Waals surface area contributed by atoms with Gasteiger partial charge in [0.05, 0.1) is 5.69 Å². The Kier molecular flexibility index (Phi) is 4.40. The van der Waals surface area contributed by atoms with Gasteiger partial charge in [-0.15, -0.1) is 12.4 Å². The summed E-state index contributed by atoms with van der Waals surface area (Å²) in [5, 5.41) is 0. The van der Waals surface area contributed by atoms with Gasteiger partial charge in [0.2, 0.25) is 0 Å². The Balaban J connectivity index is 0.00000144. The van der Waals surface area contributed by atoms with Crippen LogP contribution in [0.15, 0.2) is 18.2 Å². The van der Waals surface area contributed by atoms with Crippen LogP contribution < -0.4 is 10.5 Å². The molecule has 0 aromatic heterocycles. The van der Waals surface area contributed by atoms with Crippen molar-refractivity contribution >= 4 is 18.1 Å². The van der Waals surface area contributed by atoms with Gasteiger partial charge in [0.1, 0.15) is 0 Å². The Morgan fingerprint density at radius 3 is 2.46 bits per heavy atom. The fraction of sp³-hybridized carbons (Fsp3) is 0.143. The largest absolute Gasteiger partial charge is 0.432 e. The minimum Gasteiger partial charge on any atom is -0.432 e. The van der Waals surface area contributed by atoms with E-state index >= 15 is 0 Å². The topological polar surface area (TPSA) is 35.2 Å². The molecule has 74 valence electrons. The Morgan fingerprint density at radius 2 is 1.92 bits per heavy atom. The molecule has 0 saturated heterocycles. The molecular weight excluding hydrogens is 207 g/mol. The number of nitrogen functional groups attached to an aromatic ring is 1. The lowest BCUT2D eigenvalue weighted by atomic mass is 10.3. The number of rotatable bonds is 2. The Labute approximate surface area is 78.9 Å². The van der Waals surface area contributed by atoms with Crippen LogP contribution in [-0.2, 0) is 0 Å².